The Morgan fingerprint density at radius 1 is 0.947 bits per heavy atom. The number of likely N-dealkylation sites (N-methyl/N-ethyl adjacent to an activating group) is 1. The number of hydrazone groups is 1. The molecule has 0 aromatic heterocycles. The molecular formula is C29H30Cl2N5OP. The molecule has 3 aromatic rings. The SMILES string of the molecule is CN1/C(=C2\C=NN(c3ccccc3)[P@@]2(=Nc2cc(Cl)ccc2Cl)N2CCOCC2)C(C)(C)c2ccccc21. The fraction of sp³-hybridized carbons (Fsp3) is 0.276. The van der Waals surface area contributed by atoms with Crippen LogP contribution >= 0.6 is 30.6 Å². The lowest BCUT2D eigenvalue weighted by Crippen LogP contribution is -2.38. The van der Waals surface area contributed by atoms with Crippen LogP contribution in [0.25, 0.3) is 0 Å². The van der Waals surface area contributed by atoms with Crippen LogP contribution in [-0.4, -0.2) is 44.2 Å². The Kier molecular flexibility index (Phi) is 6.66. The van der Waals surface area contributed by atoms with Crippen LogP contribution in [0.15, 0.2) is 93.7 Å². The molecule has 0 saturated carbocycles. The molecule has 0 unspecified atom stereocenters. The number of nitrogens with zero attached hydrogens (tertiary/aromatic N) is 5. The summed E-state index contributed by atoms with van der Waals surface area (Å²) in [6, 6.07) is 24.4. The second-order valence-electron chi connectivity index (χ2n) is 10.1. The lowest BCUT2D eigenvalue weighted by molar-refractivity contribution is 0.0743. The van der Waals surface area contributed by atoms with Gasteiger partial charge in [0.2, 0.25) is 0 Å². The molecule has 0 aliphatic carbocycles. The minimum Gasteiger partial charge on any atom is -0.379 e. The molecule has 6 nitrogen and oxygen atoms in total. The summed E-state index contributed by atoms with van der Waals surface area (Å²) in [6.07, 6.45) is 2.03. The van der Waals surface area contributed by atoms with Gasteiger partial charge in [0.25, 0.3) is 0 Å². The minimum atomic E-state index is -2.74. The van der Waals surface area contributed by atoms with Gasteiger partial charge < -0.3 is 9.64 Å². The van der Waals surface area contributed by atoms with Crippen LogP contribution in [-0.2, 0) is 10.2 Å². The van der Waals surface area contributed by atoms with Crippen molar-refractivity contribution in [3.05, 3.63) is 99.4 Å². The number of halogens is 2. The zero-order chi connectivity index (χ0) is 26.5. The predicted molar refractivity (Wildman–Crippen MR) is 160 cm³/mol. The Morgan fingerprint density at radius 2 is 1.66 bits per heavy atom. The van der Waals surface area contributed by atoms with Gasteiger partial charge in [-0.25, -0.2) is 14.2 Å². The van der Waals surface area contributed by atoms with E-state index < -0.39 is 7.36 Å². The molecule has 1 fully saturated rings. The number of para-hydroxylation sites is 2. The van der Waals surface area contributed by atoms with Gasteiger partial charge in [0.05, 0.1) is 41.1 Å². The number of hydrogen-bond acceptors (Lipinski definition) is 4. The first kappa shape index (κ1) is 25.7. The number of hydrogen-bond donors (Lipinski definition) is 0. The van der Waals surface area contributed by atoms with E-state index in [0.717, 1.165) is 24.1 Å². The van der Waals surface area contributed by atoms with E-state index >= 15 is 0 Å². The number of allylic oxidation sites excluding steroid dienone is 2. The number of anilines is 2. The van der Waals surface area contributed by atoms with Crippen molar-refractivity contribution in [3.8, 4) is 0 Å². The highest BCUT2D eigenvalue weighted by molar-refractivity contribution is 7.71. The van der Waals surface area contributed by atoms with E-state index in [9.17, 15) is 0 Å². The van der Waals surface area contributed by atoms with Crippen molar-refractivity contribution in [2.45, 2.75) is 19.3 Å². The molecule has 6 rings (SSSR count). The molecule has 0 spiro atoms. The first-order valence-corrected chi connectivity index (χ1v) is 15.1. The van der Waals surface area contributed by atoms with E-state index in [1.54, 1.807) is 6.07 Å². The third kappa shape index (κ3) is 4.02. The highest BCUT2D eigenvalue weighted by Gasteiger charge is 2.50. The van der Waals surface area contributed by atoms with Crippen LogP contribution in [0.5, 0.6) is 0 Å². The standard InChI is InChI=1S/C29H30Cl2N5OP/c1-29(2)23-11-7-8-12-26(23)34(3)28(29)27-20-32-36(22-9-5-4-6-10-22)38(27,35-15-17-37-18-16-35)33-25-19-21(30)13-14-24(25)31/h4-14,19-20H,15-18H2,1-3H3/b28-27+/t38-/m0/s1. The maximum atomic E-state index is 6.77. The molecule has 0 amide bonds. The lowest BCUT2D eigenvalue weighted by Gasteiger charge is -2.43. The summed E-state index contributed by atoms with van der Waals surface area (Å²) < 4.78 is 16.0. The highest BCUT2D eigenvalue weighted by Crippen LogP contribution is 2.71. The van der Waals surface area contributed by atoms with E-state index in [2.05, 4.69) is 71.6 Å². The third-order valence-electron chi connectivity index (χ3n) is 7.51. The van der Waals surface area contributed by atoms with Gasteiger partial charge in [-0.15, -0.1) is 0 Å². The first-order chi connectivity index (χ1) is 18.3. The van der Waals surface area contributed by atoms with Gasteiger partial charge in [0, 0.05) is 42.0 Å². The molecule has 0 N–H and O–H groups in total. The molecule has 196 valence electrons. The zero-order valence-electron chi connectivity index (χ0n) is 21.7. The maximum absolute atomic E-state index is 6.77. The average molecular weight is 566 g/mol. The quantitative estimate of drug-likeness (QED) is 0.300. The number of morpholine rings is 1. The summed E-state index contributed by atoms with van der Waals surface area (Å²) >= 11 is 13.2. The fourth-order valence-electron chi connectivity index (χ4n) is 5.78. The molecule has 38 heavy (non-hydrogen) atoms. The molecule has 1 saturated heterocycles. The van der Waals surface area contributed by atoms with Crippen LogP contribution in [0.3, 0.4) is 0 Å². The van der Waals surface area contributed by atoms with Crippen molar-refractivity contribution < 1.29 is 4.74 Å². The monoisotopic (exact) mass is 565 g/mol. The Balaban J connectivity index is 1.71. The number of rotatable bonds is 3. The summed E-state index contributed by atoms with van der Waals surface area (Å²) in [4.78, 5) is 2.31. The van der Waals surface area contributed by atoms with E-state index in [-0.39, 0.29) is 5.41 Å². The van der Waals surface area contributed by atoms with Gasteiger partial charge in [-0.2, -0.15) is 5.10 Å². The number of fused-ring (bicyclic) bond motifs is 1. The van der Waals surface area contributed by atoms with Crippen molar-refractivity contribution in [1.29, 1.82) is 0 Å². The van der Waals surface area contributed by atoms with Gasteiger partial charge in [-0.05, 0) is 42.0 Å². The number of ether oxygens (including phenoxy) is 1. The molecule has 1 atom stereocenters. The highest BCUT2D eigenvalue weighted by atomic mass is 35.5. The summed E-state index contributed by atoms with van der Waals surface area (Å²) in [6.45, 7) is 7.30. The van der Waals surface area contributed by atoms with E-state index in [4.69, 9.17) is 37.8 Å². The van der Waals surface area contributed by atoms with Crippen LogP contribution in [0, 0.1) is 0 Å². The van der Waals surface area contributed by atoms with Crippen molar-refractivity contribution in [3.63, 3.8) is 0 Å². The van der Waals surface area contributed by atoms with E-state index in [1.165, 1.54) is 16.9 Å². The van der Waals surface area contributed by atoms with E-state index in [1.807, 2.05) is 36.5 Å². The van der Waals surface area contributed by atoms with Crippen molar-refractivity contribution in [2.75, 3.05) is 43.0 Å². The van der Waals surface area contributed by atoms with Crippen molar-refractivity contribution >= 4 is 53.8 Å². The van der Waals surface area contributed by atoms with Gasteiger partial charge in [-0.3, -0.25) is 0 Å². The minimum absolute atomic E-state index is 0.259. The second-order valence-corrected chi connectivity index (χ2v) is 13.7. The maximum Gasteiger partial charge on any atom is 0.180 e. The lowest BCUT2D eigenvalue weighted by atomic mass is 9.84. The molecule has 3 heterocycles. The van der Waals surface area contributed by atoms with Gasteiger partial charge >= 0.3 is 0 Å². The predicted octanol–water partition coefficient (Wildman–Crippen LogP) is 8.13. The Hall–Kier alpha value is -2.60. The average Bonchev–Trinajstić information content (AvgIpc) is 3.39. The van der Waals surface area contributed by atoms with Gasteiger partial charge in [-0.1, -0.05) is 73.4 Å². The molecule has 0 radical (unpaired) electrons. The topological polar surface area (TPSA) is 43.7 Å². The zero-order valence-corrected chi connectivity index (χ0v) is 24.1. The first-order valence-electron chi connectivity index (χ1n) is 12.7. The normalized spacial score (nSPS) is 24.7. The molecule has 3 aliphatic rings. The van der Waals surface area contributed by atoms with Gasteiger partial charge in [0.1, 0.15) is 0 Å². The third-order valence-corrected chi connectivity index (χ3v) is 11.6. The Morgan fingerprint density at radius 3 is 2.39 bits per heavy atom. The summed E-state index contributed by atoms with van der Waals surface area (Å²) in [5.74, 6) is 0. The van der Waals surface area contributed by atoms with Gasteiger partial charge in [0.15, 0.2) is 7.36 Å². The van der Waals surface area contributed by atoms with Crippen LogP contribution in [0.1, 0.15) is 19.4 Å². The largest absolute Gasteiger partial charge is 0.379 e. The van der Waals surface area contributed by atoms with Crippen LogP contribution < -0.4 is 9.68 Å². The van der Waals surface area contributed by atoms with Crippen LogP contribution in [0.4, 0.5) is 17.1 Å². The fourth-order valence-corrected chi connectivity index (χ4v) is 9.99. The summed E-state index contributed by atoms with van der Waals surface area (Å²) in [7, 11) is -0.596. The van der Waals surface area contributed by atoms with Crippen molar-refractivity contribution in [1.82, 2.24) is 4.67 Å². The molecule has 9 heteroatoms. The number of benzene rings is 3. The van der Waals surface area contributed by atoms with E-state index in [0.29, 0.717) is 28.9 Å². The Bertz CT molecular complexity index is 1500. The molecule has 0 bridgehead atoms. The van der Waals surface area contributed by atoms with Crippen molar-refractivity contribution in [2.24, 2.45) is 9.85 Å². The molecular weight excluding hydrogens is 536 g/mol. The second kappa shape index (κ2) is 9.86. The Labute approximate surface area is 234 Å². The van der Waals surface area contributed by atoms with Crippen LogP contribution in [0.2, 0.25) is 10.0 Å². The summed E-state index contributed by atoms with van der Waals surface area (Å²) in [5, 5.41) is 7.37. The smallest absolute Gasteiger partial charge is 0.180 e. The molecule has 3 aromatic carbocycles. The summed E-state index contributed by atoms with van der Waals surface area (Å²) in [5.41, 5.74) is 5.08. The molecule has 3 aliphatic heterocycles.